The molecule has 1 amide bonds. The molecule has 172 valence electrons. The number of ether oxygens (including phenoxy) is 1. The van der Waals surface area contributed by atoms with Gasteiger partial charge in [0.2, 0.25) is 27.8 Å². The van der Waals surface area contributed by atoms with Crippen molar-refractivity contribution in [3.05, 3.63) is 35.4 Å². The molecule has 1 aliphatic carbocycles. The molecule has 1 aromatic heterocycles. The number of rotatable bonds is 3. The van der Waals surface area contributed by atoms with Crippen LogP contribution in [0.4, 0.5) is 5.95 Å². The first-order valence-corrected chi connectivity index (χ1v) is 12.6. The molecular formula is C23H30N4O4S. The Labute approximate surface area is 189 Å². The molecule has 4 rings (SSSR count). The molecule has 32 heavy (non-hydrogen) atoms. The fraction of sp³-hybridized carbons (Fsp3) is 0.522. The van der Waals surface area contributed by atoms with Crippen LogP contribution in [0.15, 0.2) is 24.3 Å². The van der Waals surface area contributed by atoms with Gasteiger partial charge in [0, 0.05) is 11.6 Å². The molecule has 1 aliphatic heterocycles. The van der Waals surface area contributed by atoms with Crippen LogP contribution in [0.3, 0.4) is 0 Å². The fourth-order valence-electron chi connectivity index (χ4n) is 4.47. The summed E-state index contributed by atoms with van der Waals surface area (Å²) in [6, 6.07) is 7.43. The summed E-state index contributed by atoms with van der Waals surface area (Å²) in [6.07, 6.45) is 1.69. The largest absolute Gasteiger partial charge is 0.475 e. The van der Waals surface area contributed by atoms with E-state index < -0.39 is 21.2 Å². The molecule has 2 heterocycles. The maximum absolute atomic E-state index is 13.1. The van der Waals surface area contributed by atoms with Crippen LogP contribution in [0.2, 0.25) is 0 Å². The number of carbonyl (C=O) groups excluding carboxylic acids is 1. The molecule has 2 N–H and O–H groups in total. The highest BCUT2D eigenvalue weighted by Gasteiger charge is 2.46. The molecule has 1 aromatic carbocycles. The Hall–Kier alpha value is -2.68. The number of aromatic nitrogens is 2. The third-order valence-electron chi connectivity index (χ3n) is 6.15. The number of amides is 1. The van der Waals surface area contributed by atoms with Crippen molar-refractivity contribution in [2.75, 3.05) is 11.3 Å². The molecule has 2 aliphatic rings. The Morgan fingerprint density at radius 3 is 2.50 bits per heavy atom. The van der Waals surface area contributed by atoms with E-state index in [1.165, 1.54) is 0 Å². The van der Waals surface area contributed by atoms with Gasteiger partial charge >= 0.3 is 0 Å². The van der Waals surface area contributed by atoms with E-state index in [9.17, 15) is 13.2 Å². The quantitative estimate of drug-likeness (QED) is 0.731. The number of fused-ring (bicyclic) bond motifs is 3. The van der Waals surface area contributed by atoms with Gasteiger partial charge in [0.05, 0.1) is 22.9 Å². The molecule has 1 saturated carbocycles. The van der Waals surface area contributed by atoms with Crippen LogP contribution in [0, 0.1) is 25.7 Å². The van der Waals surface area contributed by atoms with Gasteiger partial charge in [-0.25, -0.2) is 13.4 Å². The van der Waals surface area contributed by atoms with Gasteiger partial charge in [0.15, 0.2) is 0 Å². The molecule has 0 unspecified atom stereocenters. The third-order valence-corrected chi connectivity index (χ3v) is 7.98. The topological polar surface area (TPSA) is 110 Å². The van der Waals surface area contributed by atoms with Crippen molar-refractivity contribution < 1.29 is 17.9 Å². The molecule has 0 spiro atoms. The standard InChI is InChI=1S/C23H30N4O4S/c1-13(2)10-16-12-31-20-11-18(21-14(3)6-5-7-15(21)4)25-23(26-20)27-32(29,30)19-9-8-17(19)22(28)24-16/h5-7,11,13,16-17,19H,8-10,12H2,1-4H3,(H,24,28)(H,25,26,27)/t16-,17-,19+/m1/s1. The molecule has 1 fully saturated rings. The number of nitrogens with zero attached hydrogens (tertiary/aromatic N) is 2. The van der Waals surface area contributed by atoms with Gasteiger partial charge in [0.25, 0.3) is 0 Å². The summed E-state index contributed by atoms with van der Waals surface area (Å²) < 4.78 is 34.6. The summed E-state index contributed by atoms with van der Waals surface area (Å²) in [4.78, 5) is 21.6. The zero-order valence-electron chi connectivity index (χ0n) is 18.9. The highest BCUT2D eigenvalue weighted by atomic mass is 32.2. The SMILES string of the molecule is Cc1cccc(C)c1-c1cc2nc(n1)NS(=O)(=O)[C@H]1CC[C@H]1C(=O)N[C@H](CC(C)C)CO2. The highest BCUT2D eigenvalue weighted by molar-refractivity contribution is 7.93. The first kappa shape index (κ1) is 22.5. The molecule has 8 nitrogen and oxygen atoms in total. The summed E-state index contributed by atoms with van der Waals surface area (Å²) in [6.45, 7) is 8.37. The second-order valence-corrected chi connectivity index (χ2v) is 11.1. The van der Waals surface area contributed by atoms with Gasteiger partial charge in [-0.15, -0.1) is 0 Å². The van der Waals surface area contributed by atoms with Crippen molar-refractivity contribution in [3.63, 3.8) is 0 Å². The molecule has 0 saturated heterocycles. The fourth-order valence-corrected chi connectivity index (χ4v) is 6.10. The van der Waals surface area contributed by atoms with Crippen molar-refractivity contribution in [1.82, 2.24) is 15.3 Å². The Morgan fingerprint density at radius 2 is 1.88 bits per heavy atom. The van der Waals surface area contributed by atoms with Crippen molar-refractivity contribution in [2.45, 2.75) is 58.2 Å². The lowest BCUT2D eigenvalue weighted by Crippen LogP contribution is -2.53. The van der Waals surface area contributed by atoms with Crippen molar-refractivity contribution in [1.29, 1.82) is 0 Å². The van der Waals surface area contributed by atoms with Crippen LogP contribution in [0.25, 0.3) is 11.3 Å². The molecule has 0 radical (unpaired) electrons. The lowest BCUT2D eigenvalue weighted by molar-refractivity contribution is -0.128. The Morgan fingerprint density at radius 1 is 1.16 bits per heavy atom. The average molecular weight is 459 g/mol. The number of sulfonamides is 1. The second kappa shape index (κ2) is 8.69. The van der Waals surface area contributed by atoms with Crippen molar-refractivity contribution >= 4 is 21.9 Å². The van der Waals surface area contributed by atoms with Crippen LogP contribution in [0.5, 0.6) is 5.88 Å². The Bertz CT molecular complexity index is 1110. The molecule has 3 atom stereocenters. The maximum atomic E-state index is 13.1. The summed E-state index contributed by atoms with van der Waals surface area (Å²) in [5, 5.41) is 2.22. The smallest absolute Gasteiger partial charge is 0.240 e. The molecular weight excluding hydrogens is 428 g/mol. The minimum absolute atomic E-state index is 0.0350. The molecule has 9 heteroatoms. The van der Waals surface area contributed by atoms with E-state index in [-0.39, 0.29) is 30.4 Å². The van der Waals surface area contributed by atoms with Gasteiger partial charge in [-0.2, -0.15) is 4.98 Å². The van der Waals surface area contributed by atoms with Gasteiger partial charge in [-0.1, -0.05) is 32.0 Å². The zero-order chi connectivity index (χ0) is 23.0. The van der Waals surface area contributed by atoms with Crippen LogP contribution in [0.1, 0.15) is 44.2 Å². The summed E-state index contributed by atoms with van der Waals surface area (Å²) >= 11 is 0. The number of hydrogen-bond donors (Lipinski definition) is 2. The van der Waals surface area contributed by atoms with Gasteiger partial charge in [-0.3, -0.25) is 9.52 Å². The Balaban J connectivity index is 1.78. The molecule has 2 aromatic rings. The minimum Gasteiger partial charge on any atom is -0.475 e. The van der Waals surface area contributed by atoms with Crippen LogP contribution >= 0.6 is 0 Å². The minimum atomic E-state index is -3.83. The second-order valence-electron chi connectivity index (χ2n) is 9.20. The van der Waals surface area contributed by atoms with E-state index in [1.807, 2.05) is 32.0 Å². The van der Waals surface area contributed by atoms with Crippen molar-refractivity contribution in [3.8, 4) is 17.1 Å². The highest BCUT2D eigenvalue weighted by Crippen LogP contribution is 2.35. The molecule has 2 bridgehead atoms. The number of hydrogen-bond acceptors (Lipinski definition) is 6. The van der Waals surface area contributed by atoms with Crippen LogP contribution in [-0.4, -0.2) is 42.2 Å². The Kier molecular flexibility index (Phi) is 6.11. The predicted molar refractivity (Wildman–Crippen MR) is 123 cm³/mol. The predicted octanol–water partition coefficient (Wildman–Crippen LogP) is 3.20. The monoisotopic (exact) mass is 458 g/mol. The summed E-state index contributed by atoms with van der Waals surface area (Å²) in [7, 11) is -3.83. The van der Waals surface area contributed by atoms with E-state index in [4.69, 9.17) is 4.74 Å². The van der Waals surface area contributed by atoms with Crippen LogP contribution in [-0.2, 0) is 14.8 Å². The number of carbonyl (C=O) groups is 1. The van der Waals surface area contributed by atoms with Crippen molar-refractivity contribution in [2.24, 2.45) is 11.8 Å². The van der Waals surface area contributed by atoms with E-state index in [0.29, 0.717) is 24.5 Å². The summed E-state index contributed by atoms with van der Waals surface area (Å²) in [5.74, 6) is -0.244. The average Bonchev–Trinajstić information content (AvgIpc) is 2.63. The van der Waals surface area contributed by atoms with E-state index in [1.54, 1.807) is 6.07 Å². The first-order valence-electron chi connectivity index (χ1n) is 11.0. The van der Waals surface area contributed by atoms with E-state index in [0.717, 1.165) is 23.1 Å². The van der Waals surface area contributed by atoms with E-state index in [2.05, 4.69) is 33.9 Å². The zero-order valence-corrected chi connectivity index (χ0v) is 19.7. The lowest BCUT2D eigenvalue weighted by atomic mass is 9.83. The maximum Gasteiger partial charge on any atom is 0.240 e. The van der Waals surface area contributed by atoms with E-state index >= 15 is 0 Å². The van der Waals surface area contributed by atoms with Gasteiger partial charge < -0.3 is 10.1 Å². The normalized spacial score (nSPS) is 24.7. The lowest BCUT2D eigenvalue weighted by Gasteiger charge is -2.36. The van der Waals surface area contributed by atoms with Crippen LogP contribution < -0.4 is 14.8 Å². The summed E-state index contributed by atoms with van der Waals surface area (Å²) in [5.41, 5.74) is 3.55. The number of anilines is 1. The number of nitrogens with one attached hydrogen (secondary N) is 2. The third kappa shape index (κ3) is 4.57. The van der Waals surface area contributed by atoms with Gasteiger partial charge in [0.1, 0.15) is 6.61 Å². The number of aryl methyl sites for hydroxylation is 2. The number of benzene rings is 1. The first-order chi connectivity index (χ1) is 15.1. The van der Waals surface area contributed by atoms with Gasteiger partial charge in [-0.05, 0) is 50.2 Å².